The Bertz CT molecular complexity index is 1070. The summed E-state index contributed by atoms with van der Waals surface area (Å²) >= 11 is 0. The number of carbonyl (C=O) groups excluding carboxylic acids is 2. The molecule has 1 aromatic carbocycles. The third-order valence-electron chi connectivity index (χ3n) is 5.24. The molecule has 0 fully saturated rings. The van der Waals surface area contributed by atoms with Crippen molar-refractivity contribution in [1.82, 2.24) is 20.1 Å². The number of hydrogen-bond acceptors (Lipinski definition) is 4. The number of ketones is 1. The summed E-state index contributed by atoms with van der Waals surface area (Å²) in [6, 6.07) is 13.3. The highest BCUT2D eigenvalue weighted by molar-refractivity contribution is 6.00. The second-order valence-electron chi connectivity index (χ2n) is 8.33. The van der Waals surface area contributed by atoms with E-state index < -0.39 is 0 Å². The maximum atomic E-state index is 12.6. The van der Waals surface area contributed by atoms with Gasteiger partial charge in [0, 0.05) is 19.2 Å². The summed E-state index contributed by atoms with van der Waals surface area (Å²) in [7, 11) is 0. The van der Waals surface area contributed by atoms with E-state index in [1.54, 1.807) is 23.0 Å². The first kappa shape index (κ1) is 19.1. The highest BCUT2D eigenvalue weighted by Crippen LogP contribution is 2.36. The number of amides is 1. The van der Waals surface area contributed by atoms with Crippen LogP contribution in [0.15, 0.2) is 48.7 Å². The van der Waals surface area contributed by atoms with Crippen LogP contribution in [0.25, 0.3) is 5.82 Å². The van der Waals surface area contributed by atoms with Crippen molar-refractivity contribution in [2.24, 2.45) is 5.41 Å². The highest BCUT2D eigenvalue weighted by atomic mass is 16.1. The van der Waals surface area contributed by atoms with Gasteiger partial charge in [0.1, 0.15) is 0 Å². The smallest absolute Gasteiger partial charge is 0.253 e. The van der Waals surface area contributed by atoms with Gasteiger partial charge in [0.15, 0.2) is 11.6 Å². The van der Waals surface area contributed by atoms with Gasteiger partial charge in [0.05, 0.1) is 22.5 Å². The lowest BCUT2D eigenvalue weighted by Crippen LogP contribution is -2.28. The van der Waals surface area contributed by atoms with Crippen LogP contribution in [0.1, 0.15) is 57.9 Å². The van der Waals surface area contributed by atoms with Gasteiger partial charge >= 0.3 is 0 Å². The summed E-state index contributed by atoms with van der Waals surface area (Å²) in [4.78, 5) is 29.4. The van der Waals surface area contributed by atoms with Crippen LogP contribution >= 0.6 is 0 Å². The average Bonchev–Trinajstić information content (AvgIpc) is 3.02. The molecule has 1 aliphatic rings. The first-order valence-corrected chi connectivity index (χ1v) is 9.74. The van der Waals surface area contributed by atoms with Crippen LogP contribution in [0.2, 0.25) is 0 Å². The summed E-state index contributed by atoms with van der Waals surface area (Å²) in [6.45, 7) is 6.50. The van der Waals surface area contributed by atoms with Gasteiger partial charge in [-0.25, -0.2) is 9.67 Å². The number of aromatic nitrogens is 3. The van der Waals surface area contributed by atoms with Crippen LogP contribution in [0, 0.1) is 12.3 Å². The number of nitrogens with one attached hydrogen (secondary N) is 1. The molecule has 0 saturated heterocycles. The quantitative estimate of drug-likeness (QED) is 0.740. The van der Waals surface area contributed by atoms with Crippen LogP contribution in [0.5, 0.6) is 0 Å². The van der Waals surface area contributed by atoms with Gasteiger partial charge in [0.2, 0.25) is 0 Å². The number of pyridine rings is 1. The topological polar surface area (TPSA) is 76.9 Å². The van der Waals surface area contributed by atoms with E-state index in [4.69, 9.17) is 0 Å². The van der Waals surface area contributed by atoms with E-state index >= 15 is 0 Å². The maximum absolute atomic E-state index is 12.6. The first-order valence-electron chi connectivity index (χ1n) is 9.74. The molecule has 1 aliphatic carbocycles. The van der Waals surface area contributed by atoms with Crippen LogP contribution < -0.4 is 5.32 Å². The fourth-order valence-corrected chi connectivity index (χ4v) is 3.86. The van der Waals surface area contributed by atoms with E-state index in [1.807, 2.05) is 37.3 Å². The van der Waals surface area contributed by atoms with Gasteiger partial charge in [-0.3, -0.25) is 9.59 Å². The zero-order valence-electron chi connectivity index (χ0n) is 16.9. The molecule has 2 aromatic heterocycles. The van der Waals surface area contributed by atoms with Crippen molar-refractivity contribution in [2.75, 3.05) is 0 Å². The molecule has 1 N–H and O–H groups in total. The second-order valence-corrected chi connectivity index (χ2v) is 8.33. The minimum absolute atomic E-state index is 0.106. The van der Waals surface area contributed by atoms with E-state index in [1.165, 1.54) is 0 Å². The lowest BCUT2D eigenvalue weighted by Gasteiger charge is -2.29. The maximum Gasteiger partial charge on any atom is 0.253 e. The molecule has 2 heterocycles. The van der Waals surface area contributed by atoms with E-state index in [2.05, 4.69) is 29.2 Å². The predicted octanol–water partition coefficient (Wildman–Crippen LogP) is 3.66. The third kappa shape index (κ3) is 3.83. The van der Waals surface area contributed by atoms with Crippen molar-refractivity contribution in [3.8, 4) is 5.82 Å². The number of benzene rings is 1. The molecular weight excluding hydrogens is 364 g/mol. The number of aryl methyl sites for hydroxylation is 1. The highest BCUT2D eigenvalue weighted by Gasteiger charge is 2.35. The van der Waals surface area contributed by atoms with Crippen LogP contribution in [0.4, 0.5) is 0 Å². The molecule has 0 atom stereocenters. The standard InChI is InChI=1S/C23H24N4O2/c1-15-21-18(11-23(2,3)12-19(21)28)27(26-15)20-10-9-17(14-24-20)22(29)25-13-16-7-5-4-6-8-16/h4-10,14H,11-13H2,1-3H3,(H,25,29). The summed E-state index contributed by atoms with van der Waals surface area (Å²) < 4.78 is 1.75. The Kier molecular flexibility index (Phi) is 4.78. The minimum Gasteiger partial charge on any atom is -0.348 e. The molecule has 0 spiro atoms. The van der Waals surface area contributed by atoms with Crippen molar-refractivity contribution in [1.29, 1.82) is 0 Å². The molecule has 6 heteroatoms. The van der Waals surface area contributed by atoms with Crippen molar-refractivity contribution < 1.29 is 9.59 Å². The first-order chi connectivity index (χ1) is 13.8. The van der Waals surface area contributed by atoms with Crippen molar-refractivity contribution in [2.45, 2.75) is 40.2 Å². The molecule has 29 heavy (non-hydrogen) atoms. The van der Waals surface area contributed by atoms with Crippen LogP contribution in [-0.4, -0.2) is 26.5 Å². The number of fused-ring (bicyclic) bond motifs is 1. The molecular formula is C23H24N4O2. The van der Waals surface area contributed by atoms with Crippen molar-refractivity contribution in [3.05, 3.63) is 76.7 Å². The Morgan fingerprint density at radius 3 is 2.59 bits per heavy atom. The zero-order valence-corrected chi connectivity index (χ0v) is 16.9. The molecule has 0 radical (unpaired) electrons. The molecule has 0 aliphatic heterocycles. The molecule has 1 amide bonds. The van der Waals surface area contributed by atoms with Gasteiger partial charge in [-0.15, -0.1) is 0 Å². The van der Waals surface area contributed by atoms with E-state index in [0.29, 0.717) is 24.3 Å². The lowest BCUT2D eigenvalue weighted by molar-refractivity contribution is 0.0908. The normalized spacial score (nSPS) is 15.1. The number of carbonyl (C=O) groups is 2. The SMILES string of the molecule is Cc1nn(-c2ccc(C(=O)NCc3ccccc3)cn2)c2c1C(=O)CC(C)(C)C2. The van der Waals surface area contributed by atoms with Crippen LogP contribution in [0.3, 0.4) is 0 Å². The Morgan fingerprint density at radius 2 is 1.90 bits per heavy atom. The average molecular weight is 388 g/mol. The summed E-state index contributed by atoms with van der Waals surface area (Å²) in [6.07, 6.45) is 2.84. The monoisotopic (exact) mass is 388 g/mol. The van der Waals surface area contributed by atoms with Crippen LogP contribution in [-0.2, 0) is 13.0 Å². The molecule has 0 unspecified atom stereocenters. The minimum atomic E-state index is -0.178. The largest absolute Gasteiger partial charge is 0.348 e. The summed E-state index contributed by atoms with van der Waals surface area (Å²) in [5, 5.41) is 7.46. The predicted molar refractivity (Wildman–Crippen MR) is 110 cm³/mol. The summed E-state index contributed by atoms with van der Waals surface area (Å²) in [5.41, 5.74) is 3.77. The lowest BCUT2D eigenvalue weighted by atomic mass is 9.75. The zero-order chi connectivity index (χ0) is 20.6. The Hall–Kier alpha value is -3.28. The molecule has 3 aromatic rings. The van der Waals surface area contributed by atoms with Gasteiger partial charge < -0.3 is 5.32 Å². The molecule has 6 nitrogen and oxygen atoms in total. The van der Waals surface area contributed by atoms with Gasteiger partial charge in [-0.1, -0.05) is 44.2 Å². The Balaban J connectivity index is 1.55. The number of nitrogens with zero attached hydrogens (tertiary/aromatic N) is 3. The van der Waals surface area contributed by atoms with E-state index in [0.717, 1.165) is 28.9 Å². The number of hydrogen-bond donors (Lipinski definition) is 1. The van der Waals surface area contributed by atoms with Crippen molar-refractivity contribution >= 4 is 11.7 Å². The van der Waals surface area contributed by atoms with E-state index in [9.17, 15) is 9.59 Å². The molecule has 148 valence electrons. The van der Waals surface area contributed by atoms with E-state index in [-0.39, 0.29) is 17.1 Å². The molecule has 4 rings (SSSR count). The van der Waals surface area contributed by atoms with Gasteiger partial charge in [0.25, 0.3) is 5.91 Å². The number of Topliss-reactive ketones (excluding diaryl/α,β-unsaturated/α-hetero) is 1. The fraction of sp³-hybridized carbons (Fsp3) is 0.304. The third-order valence-corrected chi connectivity index (χ3v) is 5.24. The van der Waals surface area contributed by atoms with Crippen molar-refractivity contribution in [3.63, 3.8) is 0 Å². The van der Waals surface area contributed by atoms with Gasteiger partial charge in [-0.2, -0.15) is 5.10 Å². The Morgan fingerprint density at radius 1 is 1.14 bits per heavy atom. The van der Waals surface area contributed by atoms with Gasteiger partial charge in [-0.05, 0) is 36.5 Å². The summed E-state index contributed by atoms with van der Waals surface area (Å²) in [5.74, 6) is 0.569. The molecule has 0 bridgehead atoms. The molecule has 0 saturated carbocycles. The Labute approximate surface area is 170 Å². The number of rotatable bonds is 4. The fourth-order valence-electron chi connectivity index (χ4n) is 3.86. The second kappa shape index (κ2) is 7.28.